The van der Waals surface area contributed by atoms with Gasteiger partial charge in [0, 0.05) is 6.54 Å². The summed E-state index contributed by atoms with van der Waals surface area (Å²) in [5, 5.41) is 6.33. The smallest absolute Gasteiger partial charge is 0.237 e. The molecule has 1 amide bonds. The van der Waals surface area contributed by atoms with E-state index in [2.05, 4.69) is 17.6 Å². The maximum atomic E-state index is 11.8. The quantitative estimate of drug-likeness (QED) is 0.734. The van der Waals surface area contributed by atoms with Crippen LogP contribution < -0.4 is 10.6 Å². The third-order valence-corrected chi connectivity index (χ3v) is 3.53. The van der Waals surface area contributed by atoms with E-state index in [1.165, 1.54) is 25.7 Å². The highest BCUT2D eigenvalue weighted by Crippen LogP contribution is 2.31. The second-order valence-electron chi connectivity index (χ2n) is 5.16. The number of hydrogen-bond acceptors (Lipinski definition) is 2. The van der Waals surface area contributed by atoms with Crippen LogP contribution >= 0.6 is 0 Å². The first kappa shape index (κ1) is 10.9. The van der Waals surface area contributed by atoms with E-state index < -0.39 is 0 Å². The largest absolute Gasteiger partial charge is 0.355 e. The van der Waals surface area contributed by atoms with Crippen molar-refractivity contribution in [3.8, 4) is 0 Å². The molecule has 1 aliphatic heterocycles. The molecule has 0 radical (unpaired) electrons. The minimum atomic E-state index is 0.0629. The molecule has 0 aromatic heterocycles. The Balaban J connectivity index is 1.64. The van der Waals surface area contributed by atoms with E-state index in [1.54, 1.807) is 0 Å². The maximum Gasteiger partial charge on any atom is 0.237 e. The van der Waals surface area contributed by atoms with Crippen LogP contribution in [0.4, 0.5) is 0 Å². The van der Waals surface area contributed by atoms with Crippen LogP contribution in [0, 0.1) is 11.8 Å². The third kappa shape index (κ3) is 3.49. The fourth-order valence-electron chi connectivity index (χ4n) is 2.24. The number of amides is 1. The molecule has 1 aliphatic carbocycles. The van der Waals surface area contributed by atoms with Crippen LogP contribution in [0.3, 0.4) is 0 Å². The standard InChI is InChI=1S/C12H22N2O/c1-9-4-6-13-11(8-9)12(15)14-7-5-10-2-3-10/h9-11,13H,2-8H2,1H3,(H,14,15). The monoisotopic (exact) mass is 210 g/mol. The molecular weight excluding hydrogens is 188 g/mol. The molecule has 1 heterocycles. The van der Waals surface area contributed by atoms with Crippen molar-refractivity contribution in [2.45, 2.75) is 45.1 Å². The summed E-state index contributed by atoms with van der Waals surface area (Å²) in [5.74, 6) is 1.80. The Morgan fingerprint density at radius 1 is 1.40 bits per heavy atom. The highest BCUT2D eigenvalue weighted by atomic mass is 16.2. The van der Waals surface area contributed by atoms with Crippen LogP contribution in [0.15, 0.2) is 0 Å². The summed E-state index contributed by atoms with van der Waals surface area (Å²) < 4.78 is 0. The summed E-state index contributed by atoms with van der Waals surface area (Å²) in [6.07, 6.45) is 6.11. The van der Waals surface area contributed by atoms with Crippen molar-refractivity contribution in [3.05, 3.63) is 0 Å². The van der Waals surface area contributed by atoms with Crippen LogP contribution in [0.2, 0.25) is 0 Å². The Morgan fingerprint density at radius 2 is 2.20 bits per heavy atom. The predicted octanol–water partition coefficient (Wildman–Crippen LogP) is 1.29. The van der Waals surface area contributed by atoms with E-state index in [4.69, 9.17) is 0 Å². The zero-order valence-corrected chi connectivity index (χ0v) is 9.59. The SMILES string of the molecule is CC1CCNC(C(=O)NCCC2CC2)C1. The zero-order chi connectivity index (χ0) is 10.7. The molecule has 3 heteroatoms. The lowest BCUT2D eigenvalue weighted by Gasteiger charge is -2.27. The minimum Gasteiger partial charge on any atom is -0.355 e. The van der Waals surface area contributed by atoms with Gasteiger partial charge in [0.05, 0.1) is 6.04 Å². The first-order valence-corrected chi connectivity index (χ1v) is 6.27. The molecule has 0 aromatic carbocycles. The number of carbonyl (C=O) groups excluding carboxylic acids is 1. The molecule has 2 atom stereocenters. The van der Waals surface area contributed by atoms with Gasteiger partial charge in [-0.25, -0.2) is 0 Å². The van der Waals surface area contributed by atoms with Gasteiger partial charge in [0.1, 0.15) is 0 Å². The summed E-state index contributed by atoms with van der Waals surface area (Å²) in [6.45, 7) is 4.09. The Bertz CT molecular complexity index is 226. The van der Waals surface area contributed by atoms with Crippen LogP contribution in [-0.4, -0.2) is 25.0 Å². The Labute approximate surface area is 92.0 Å². The van der Waals surface area contributed by atoms with Gasteiger partial charge in [-0.1, -0.05) is 19.8 Å². The zero-order valence-electron chi connectivity index (χ0n) is 9.59. The molecule has 0 spiro atoms. The van der Waals surface area contributed by atoms with E-state index in [1.807, 2.05) is 0 Å². The molecule has 2 rings (SSSR count). The van der Waals surface area contributed by atoms with Crippen LogP contribution in [0.25, 0.3) is 0 Å². The van der Waals surface area contributed by atoms with Crippen molar-refractivity contribution in [1.82, 2.24) is 10.6 Å². The Kier molecular flexibility index (Phi) is 3.62. The second-order valence-corrected chi connectivity index (χ2v) is 5.16. The molecule has 2 fully saturated rings. The number of piperidine rings is 1. The lowest BCUT2D eigenvalue weighted by Crippen LogP contribution is -2.48. The topological polar surface area (TPSA) is 41.1 Å². The summed E-state index contributed by atoms with van der Waals surface area (Å²) in [4.78, 5) is 11.8. The van der Waals surface area contributed by atoms with E-state index in [0.29, 0.717) is 5.92 Å². The molecule has 0 bridgehead atoms. The fraction of sp³-hybridized carbons (Fsp3) is 0.917. The molecule has 2 N–H and O–H groups in total. The van der Waals surface area contributed by atoms with Crippen LogP contribution in [-0.2, 0) is 4.79 Å². The van der Waals surface area contributed by atoms with Gasteiger partial charge in [0.2, 0.25) is 5.91 Å². The van der Waals surface area contributed by atoms with Crippen molar-refractivity contribution in [2.24, 2.45) is 11.8 Å². The lowest BCUT2D eigenvalue weighted by atomic mass is 9.94. The summed E-state index contributed by atoms with van der Waals surface area (Å²) >= 11 is 0. The highest BCUT2D eigenvalue weighted by molar-refractivity contribution is 5.81. The summed E-state index contributed by atoms with van der Waals surface area (Å²) in [6, 6.07) is 0.0629. The van der Waals surface area contributed by atoms with Gasteiger partial charge in [-0.2, -0.15) is 0 Å². The molecule has 15 heavy (non-hydrogen) atoms. The summed E-state index contributed by atoms with van der Waals surface area (Å²) in [7, 11) is 0. The average Bonchev–Trinajstić information content (AvgIpc) is 3.01. The molecule has 2 unspecified atom stereocenters. The normalized spacial score (nSPS) is 31.3. The van der Waals surface area contributed by atoms with Gasteiger partial charge in [-0.3, -0.25) is 4.79 Å². The Morgan fingerprint density at radius 3 is 2.87 bits per heavy atom. The van der Waals surface area contributed by atoms with E-state index in [9.17, 15) is 4.79 Å². The molecule has 2 aliphatic rings. The van der Waals surface area contributed by atoms with Crippen LogP contribution in [0.5, 0.6) is 0 Å². The van der Waals surface area contributed by atoms with E-state index >= 15 is 0 Å². The first-order valence-electron chi connectivity index (χ1n) is 6.27. The maximum absolute atomic E-state index is 11.8. The second kappa shape index (κ2) is 4.97. The lowest BCUT2D eigenvalue weighted by molar-refractivity contribution is -0.124. The average molecular weight is 210 g/mol. The van der Waals surface area contributed by atoms with Crippen molar-refractivity contribution < 1.29 is 4.79 Å². The van der Waals surface area contributed by atoms with Crippen molar-refractivity contribution in [2.75, 3.05) is 13.1 Å². The molecule has 0 aromatic rings. The van der Waals surface area contributed by atoms with E-state index in [-0.39, 0.29) is 11.9 Å². The van der Waals surface area contributed by atoms with Crippen molar-refractivity contribution in [1.29, 1.82) is 0 Å². The minimum absolute atomic E-state index is 0.0629. The van der Waals surface area contributed by atoms with Gasteiger partial charge in [-0.05, 0) is 37.6 Å². The third-order valence-electron chi connectivity index (χ3n) is 3.53. The summed E-state index contributed by atoms with van der Waals surface area (Å²) in [5.41, 5.74) is 0. The van der Waals surface area contributed by atoms with Gasteiger partial charge >= 0.3 is 0 Å². The predicted molar refractivity (Wildman–Crippen MR) is 60.5 cm³/mol. The molecular formula is C12H22N2O. The first-order chi connectivity index (χ1) is 7.25. The number of rotatable bonds is 4. The number of nitrogens with one attached hydrogen (secondary N) is 2. The van der Waals surface area contributed by atoms with Crippen molar-refractivity contribution >= 4 is 5.91 Å². The number of carbonyl (C=O) groups is 1. The number of hydrogen-bond donors (Lipinski definition) is 2. The van der Waals surface area contributed by atoms with Crippen LogP contribution in [0.1, 0.15) is 39.0 Å². The van der Waals surface area contributed by atoms with E-state index in [0.717, 1.165) is 25.4 Å². The molecule has 1 saturated carbocycles. The van der Waals surface area contributed by atoms with Gasteiger partial charge < -0.3 is 10.6 Å². The van der Waals surface area contributed by atoms with Gasteiger partial charge in [0.15, 0.2) is 0 Å². The molecule has 3 nitrogen and oxygen atoms in total. The van der Waals surface area contributed by atoms with Crippen molar-refractivity contribution in [3.63, 3.8) is 0 Å². The fourth-order valence-corrected chi connectivity index (χ4v) is 2.24. The Hall–Kier alpha value is -0.570. The van der Waals surface area contributed by atoms with Gasteiger partial charge in [-0.15, -0.1) is 0 Å². The highest BCUT2D eigenvalue weighted by Gasteiger charge is 2.25. The molecule has 1 saturated heterocycles. The van der Waals surface area contributed by atoms with Gasteiger partial charge in [0.25, 0.3) is 0 Å². The molecule has 86 valence electrons.